The normalized spacial score (nSPS) is 15.8. The molecule has 5 heteroatoms. The van der Waals surface area contributed by atoms with Crippen LogP contribution in [-0.2, 0) is 0 Å². The topological polar surface area (TPSA) is 45.2 Å². The molecule has 1 saturated heterocycles. The Kier molecular flexibility index (Phi) is 4.43. The molecule has 1 unspecified atom stereocenters. The Morgan fingerprint density at radius 3 is 2.73 bits per heavy atom. The van der Waals surface area contributed by atoms with Gasteiger partial charge in [0, 0.05) is 24.2 Å². The lowest BCUT2D eigenvalue weighted by Gasteiger charge is -2.21. The Balaban J connectivity index is 1.77. The van der Waals surface area contributed by atoms with E-state index in [9.17, 15) is 4.79 Å². The van der Waals surface area contributed by atoms with Crippen molar-refractivity contribution in [3.05, 3.63) is 45.9 Å². The molecule has 0 bridgehead atoms. The monoisotopic (exact) mass is 315 g/mol. The second-order valence-corrected chi connectivity index (χ2v) is 6.76. The zero-order chi connectivity index (χ0) is 15.5. The predicted molar refractivity (Wildman–Crippen MR) is 90.6 cm³/mol. The van der Waals surface area contributed by atoms with Crippen LogP contribution < -0.4 is 10.2 Å². The SMILES string of the molecule is Cc1nc(C(C)NC(=O)c2ccccc2N2CCCC2)cs1. The van der Waals surface area contributed by atoms with Crippen molar-refractivity contribution < 1.29 is 4.79 Å². The molecule has 116 valence electrons. The van der Waals surface area contributed by atoms with E-state index in [-0.39, 0.29) is 11.9 Å². The first-order valence-electron chi connectivity index (χ1n) is 7.72. The zero-order valence-corrected chi connectivity index (χ0v) is 13.8. The van der Waals surface area contributed by atoms with Crippen LogP contribution in [0.1, 0.15) is 46.9 Å². The number of hydrogen-bond donors (Lipinski definition) is 1. The fraction of sp³-hybridized carbons (Fsp3) is 0.412. The second-order valence-electron chi connectivity index (χ2n) is 5.70. The first kappa shape index (κ1) is 15.0. The summed E-state index contributed by atoms with van der Waals surface area (Å²) in [6, 6.07) is 7.79. The Bertz CT molecular complexity index is 661. The average molecular weight is 315 g/mol. The van der Waals surface area contributed by atoms with Crippen LogP contribution in [0.2, 0.25) is 0 Å². The fourth-order valence-electron chi connectivity index (χ4n) is 2.83. The maximum absolute atomic E-state index is 12.7. The number of carbonyl (C=O) groups excluding carboxylic acids is 1. The van der Waals surface area contributed by atoms with E-state index < -0.39 is 0 Å². The summed E-state index contributed by atoms with van der Waals surface area (Å²) in [6.07, 6.45) is 2.40. The van der Waals surface area contributed by atoms with Gasteiger partial charge in [0.2, 0.25) is 0 Å². The van der Waals surface area contributed by atoms with E-state index in [0.717, 1.165) is 35.0 Å². The number of benzene rings is 1. The lowest BCUT2D eigenvalue weighted by molar-refractivity contribution is 0.0939. The van der Waals surface area contributed by atoms with Gasteiger partial charge in [0.25, 0.3) is 5.91 Å². The molecule has 2 heterocycles. The van der Waals surface area contributed by atoms with E-state index in [1.807, 2.05) is 43.5 Å². The second kappa shape index (κ2) is 6.48. The minimum absolute atomic E-state index is 0.0272. The highest BCUT2D eigenvalue weighted by Gasteiger charge is 2.20. The van der Waals surface area contributed by atoms with Gasteiger partial charge in [0.15, 0.2) is 0 Å². The van der Waals surface area contributed by atoms with Gasteiger partial charge < -0.3 is 10.2 Å². The van der Waals surface area contributed by atoms with Gasteiger partial charge in [-0.3, -0.25) is 4.79 Å². The van der Waals surface area contributed by atoms with Crippen LogP contribution in [0.25, 0.3) is 0 Å². The molecular formula is C17H21N3OS. The third kappa shape index (κ3) is 3.14. The van der Waals surface area contributed by atoms with Crippen LogP contribution in [0.3, 0.4) is 0 Å². The highest BCUT2D eigenvalue weighted by atomic mass is 32.1. The number of amides is 1. The smallest absolute Gasteiger partial charge is 0.253 e. The van der Waals surface area contributed by atoms with Gasteiger partial charge in [-0.1, -0.05) is 12.1 Å². The number of anilines is 1. The molecule has 0 radical (unpaired) electrons. The van der Waals surface area contributed by atoms with Crippen molar-refractivity contribution in [1.29, 1.82) is 0 Å². The number of thiazole rings is 1. The predicted octanol–water partition coefficient (Wildman–Crippen LogP) is 3.54. The molecule has 3 rings (SSSR count). The van der Waals surface area contributed by atoms with Crippen molar-refractivity contribution >= 4 is 22.9 Å². The minimum atomic E-state index is -0.0796. The van der Waals surface area contributed by atoms with E-state index in [2.05, 4.69) is 15.2 Å². The van der Waals surface area contributed by atoms with Crippen molar-refractivity contribution in [2.24, 2.45) is 0 Å². The molecule has 1 N–H and O–H groups in total. The molecule has 1 atom stereocenters. The lowest BCUT2D eigenvalue weighted by Crippen LogP contribution is -2.29. The third-order valence-corrected chi connectivity index (χ3v) is 4.82. The molecule has 1 aromatic heterocycles. The molecular weight excluding hydrogens is 294 g/mol. The van der Waals surface area contributed by atoms with E-state index in [1.54, 1.807) is 11.3 Å². The number of hydrogen-bond acceptors (Lipinski definition) is 4. The van der Waals surface area contributed by atoms with Gasteiger partial charge in [-0.05, 0) is 38.8 Å². The van der Waals surface area contributed by atoms with Gasteiger partial charge in [-0.15, -0.1) is 11.3 Å². The van der Waals surface area contributed by atoms with Gasteiger partial charge in [-0.25, -0.2) is 4.98 Å². The molecule has 1 aliphatic heterocycles. The van der Waals surface area contributed by atoms with Crippen LogP contribution >= 0.6 is 11.3 Å². The van der Waals surface area contributed by atoms with Gasteiger partial charge >= 0.3 is 0 Å². The standard InChI is InChI=1S/C17H21N3OS/c1-12(15-11-22-13(2)19-15)18-17(21)14-7-3-4-8-16(14)20-9-5-6-10-20/h3-4,7-8,11-12H,5-6,9-10H2,1-2H3,(H,18,21). The maximum atomic E-state index is 12.7. The van der Waals surface area contributed by atoms with Crippen LogP contribution in [0.15, 0.2) is 29.6 Å². The first-order chi connectivity index (χ1) is 10.6. The number of aryl methyl sites for hydroxylation is 1. The maximum Gasteiger partial charge on any atom is 0.253 e. The molecule has 0 aliphatic carbocycles. The van der Waals surface area contributed by atoms with Gasteiger partial charge in [0.05, 0.1) is 22.3 Å². The van der Waals surface area contributed by atoms with E-state index in [1.165, 1.54) is 12.8 Å². The van der Waals surface area contributed by atoms with E-state index in [4.69, 9.17) is 0 Å². The number of para-hydroxylation sites is 1. The summed E-state index contributed by atoms with van der Waals surface area (Å²) in [5.41, 5.74) is 2.72. The van der Waals surface area contributed by atoms with Crippen LogP contribution in [0.4, 0.5) is 5.69 Å². The number of aromatic nitrogens is 1. The summed E-state index contributed by atoms with van der Waals surface area (Å²) >= 11 is 1.61. The summed E-state index contributed by atoms with van der Waals surface area (Å²) in [7, 11) is 0. The highest BCUT2D eigenvalue weighted by Crippen LogP contribution is 2.25. The summed E-state index contributed by atoms with van der Waals surface area (Å²) in [6.45, 7) is 6.02. The number of nitrogens with zero attached hydrogens (tertiary/aromatic N) is 2. The molecule has 1 fully saturated rings. The molecule has 1 aromatic carbocycles. The molecule has 1 amide bonds. The molecule has 2 aromatic rings. The number of carbonyl (C=O) groups is 1. The molecule has 1 aliphatic rings. The van der Waals surface area contributed by atoms with Gasteiger partial charge in [0.1, 0.15) is 0 Å². The molecule has 0 saturated carbocycles. The number of nitrogens with one attached hydrogen (secondary N) is 1. The Morgan fingerprint density at radius 2 is 2.05 bits per heavy atom. The van der Waals surface area contributed by atoms with Crippen molar-refractivity contribution in [1.82, 2.24) is 10.3 Å². The summed E-state index contributed by atoms with van der Waals surface area (Å²) in [5, 5.41) is 6.10. The van der Waals surface area contributed by atoms with E-state index >= 15 is 0 Å². The Morgan fingerprint density at radius 1 is 1.32 bits per heavy atom. The molecule has 22 heavy (non-hydrogen) atoms. The Labute approximate surface area is 135 Å². The van der Waals surface area contributed by atoms with Crippen molar-refractivity contribution in [3.63, 3.8) is 0 Å². The first-order valence-corrected chi connectivity index (χ1v) is 8.60. The Hall–Kier alpha value is -1.88. The van der Waals surface area contributed by atoms with Crippen LogP contribution in [-0.4, -0.2) is 24.0 Å². The summed E-state index contributed by atoms with van der Waals surface area (Å²) in [5.74, 6) is -0.0272. The molecule has 4 nitrogen and oxygen atoms in total. The largest absolute Gasteiger partial charge is 0.371 e. The van der Waals surface area contributed by atoms with E-state index in [0.29, 0.717) is 0 Å². The third-order valence-electron chi connectivity index (χ3n) is 4.02. The van der Waals surface area contributed by atoms with Crippen molar-refractivity contribution in [2.75, 3.05) is 18.0 Å². The van der Waals surface area contributed by atoms with Crippen LogP contribution in [0, 0.1) is 6.92 Å². The molecule has 0 spiro atoms. The summed E-state index contributed by atoms with van der Waals surface area (Å²) in [4.78, 5) is 19.4. The summed E-state index contributed by atoms with van der Waals surface area (Å²) < 4.78 is 0. The fourth-order valence-corrected chi connectivity index (χ4v) is 3.53. The lowest BCUT2D eigenvalue weighted by atomic mass is 10.1. The van der Waals surface area contributed by atoms with Crippen molar-refractivity contribution in [2.45, 2.75) is 32.7 Å². The number of rotatable bonds is 4. The minimum Gasteiger partial charge on any atom is -0.371 e. The van der Waals surface area contributed by atoms with Gasteiger partial charge in [-0.2, -0.15) is 0 Å². The van der Waals surface area contributed by atoms with Crippen molar-refractivity contribution in [3.8, 4) is 0 Å². The zero-order valence-electron chi connectivity index (χ0n) is 13.0. The van der Waals surface area contributed by atoms with Crippen LogP contribution in [0.5, 0.6) is 0 Å². The quantitative estimate of drug-likeness (QED) is 0.938. The highest BCUT2D eigenvalue weighted by molar-refractivity contribution is 7.09. The average Bonchev–Trinajstić information content (AvgIpc) is 3.18.